The number of hydrogen-bond acceptors (Lipinski definition) is 5. The van der Waals surface area contributed by atoms with Crippen LogP contribution in [0.2, 0.25) is 0 Å². The number of carbonyl (C=O) groups is 2. The van der Waals surface area contributed by atoms with Gasteiger partial charge in [-0.3, -0.25) is 9.59 Å². The molecule has 3 aromatic rings. The molecule has 1 aliphatic rings. The maximum Gasteiger partial charge on any atom is 0.263 e. The van der Waals surface area contributed by atoms with Gasteiger partial charge in [-0.1, -0.05) is 48.5 Å². The van der Waals surface area contributed by atoms with Crippen molar-refractivity contribution in [2.24, 2.45) is 0 Å². The summed E-state index contributed by atoms with van der Waals surface area (Å²) in [5, 5.41) is 3.94. The van der Waals surface area contributed by atoms with Crippen molar-refractivity contribution in [2.45, 2.75) is 25.3 Å². The number of para-hydroxylation sites is 1. The van der Waals surface area contributed by atoms with Gasteiger partial charge in [0.2, 0.25) is 5.91 Å². The molecule has 4 rings (SSSR count). The number of thiazole rings is 1. The first-order valence-electron chi connectivity index (χ1n) is 10.4. The summed E-state index contributed by atoms with van der Waals surface area (Å²) in [7, 11) is 1.61. The highest BCUT2D eigenvalue weighted by Gasteiger charge is 2.25. The molecule has 160 valence electrons. The second-order valence-corrected chi connectivity index (χ2v) is 8.54. The Morgan fingerprint density at radius 2 is 1.81 bits per heavy atom. The Labute approximate surface area is 185 Å². The van der Waals surface area contributed by atoms with E-state index in [0.29, 0.717) is 24.4 Å². The first-order valence-corrected chi connectivity index (χ1v) is 11.2. The summed E-state index contributed by atoms with van der Waals surface area (Å²) in [4.78, 5) is 32.2. The molecule has 1 saturated heterocycles. The highest BCUT2D eigenvalue weighted by atomic mass is 32.1. The summed E-state index contributed by atoms with van der Waals surface area (Å²) < 4.78 is 5.34. The van der Waals surface area contributed by atoms with Crippen LogP contribution in [0.25, 0.3) is 10.6 Å². The molecule has 0 spiro atoms. The van der Waals surface area contributed by atoms with Crippen molar-refractivity contribution in [3.8, 4) is 16.3 Å². The number of nitrogens with one attached hydrogen (secondary N) is 1. The number of carbonyl (C=O) groups excluding carboxylic acids is 2. The highest BCUT2D eigenvalue weighted by Crippen LogP contribution is 2.25. The Balaban J connectivity index is 1.29. The van der Waals surface area contributed by atoms with Crippen molar-refractivity contribution in [1.29, 1.82) is 0 Å². The standard InChI is InChI=1S/C24H25N3O3S/c1-30-20-10-6-5-9-18(20)15-22(28)27-13-11-19(12-14-27)26-23(29)21-16-25-24(31-21)17-7-3-2-4-8-17/h2-10,16,19H,11-15H2,1H3,(H,26,29). The van der Waals surface area contributed by atoms with Gasteiger partial charge < -0.3 is 15.0 Å². The third kappa shape index (κ3) is 5.11. The number of rotatable bonds is 6. The first kappa shape index (κ1) is 21.1. The van der Waals surface area contributed by atoms with Crippen molar-refractivity contribution < 1.29 is 14.3 Å². The minimum atomic E-state index is -0.0986. The quantitative estimate of drug-likeness (QED) is 0.640. The van der Waals surface area contributed by atoms with Crippen LogP contribution in [-0.4, -0.2) is 47.9 Å². The molecule has 1 N–H and O–H groups in total. The number of amides is 2. The van der Waals surface area contributed by atoms with Crippen LogP contribution in [0, 0.1) is 0 Å². The predicted octanol–water partition coefficient (Wildman–Crippen LogP) is 3.78. The zero-order valence-corrected chi connectivity index (χ0v) is 18.2. The zero-order valence-electron chi connectivity index (χ0n) is 17.4. The normalized spacial score (nSPS) is 14.3. The maximum absolute atomic E-state index is 12.7. The van der Waals surface area contributed by atoms with Gasteiger partial charge >= 0.3 is 0 Å². The lowest BCUT2D eigenvalue weighted by Gasteiger charge is -2.32. The van der Waals surface area contributed by atoms with Gasteiger partial charge in [-0.25, -0.2) is 4.98 Å². The third-order valence-corrected chi connectivity index (χ3v) is 6.51. The molecule has 1 aromatic heterocycles. The molecule has 6 nitrogen and oxygen atoms in total. The van der Waals surface area contributed by atoms with E-state index in [0.717, 1.165) is 34.7 Å². The first-order chi connectivity index (χ1) is 15.1. The number of nitrogens with zero attached hydrogens (tertiary/aromatic N) is 2. The lowest BCUT2D eigenvalue weighted by Crippen LogP contribution is -2.46. The Hall–Kier alpha value is -3.19. The molecule has 31 heavy (non-hydrogen) atoms. The average molecular weight is 436 g/mol. The van der Waals surface area contributed by atoms with Gasteiger partial charge in [-0.2, -0.15) is 0 Å². The summed E-state index contributed by atoms with van der Waals surface area (Å²) >= 11 is 1.39. The number of benzene rings is 2. The van der Waals surface area contributed by atoms with E-state index in [1.54, 1.807) is 13.3 Å². The Morgan fingerprint density at radius 1 is 1.10 bits per heavy atom. The van der Waals surface area contributed by atoms with Crippen LogP contribution in [0.15, 0.2) is 60.8 Å². The van der Waals surface area contributed by atoms with Gasteiger partial charge in [0, 0.05) is 30.3 Å². The monoisotopic (exact) mass is 435 g/mol. The second kappa shape index (κ2) is 9.75. The third-order valence-electron chi connectivity index (χ3n) is 5.47. The fourth-order valence-electron chi connectivity index (χ4n) is 3.75. The van der Waals surface area contributed by atoms with Crippen molar-refractivity contribution in [3.63, 3.8) is 0 Å². The van der Waals surface area contributed by atoms with E-state index >= 15 is 0 Å². The molecule has 2 amide bonds. The van der Waals surface area contributed by atoms with Crippen LogP contribution in [0.4, 0.5) is 0 Å². The number of aromatic nitrogens is 1. The summed E-state index contributed by atoms with van der Waals surface area (Å²) in [5.74, 6) is 0.722. The van der Waals surface area contributed by atoms with Crippen LogP contribution >= 0.6 is 11.3 Å². The average Bonchev–Trinajstić information content (AvgIpc) is 3.31. The summed E-state index contributed by atoms with van der Waals surface area (Å²) in [6.07, 6.45) is 3.44. The van der Waals surface area contributed by atoms with Crippen molar-refractivity contribution >= 4 is 23.2 Å². The number of piperidine rings is 1. The van der Waals surface area contributed by atoms with E-state index < -0.39 is 0 Å². The van der Waals surface area contributed by atoms with E-state index in [-0.39, 0.29) is 17.9 Å². The van der Waals surface area contributed by atoms with Gasteiger partial charge in [0.25, 0.3) is 5.91 Å². The number of hydrogen-bond donors (Lipinski definition) is 1. The van der Waals surface area contributed by atoms with Gasteiger partial charge in [-0.15, -0.1) is 11.3 Å². The van der Waals surface area contributed by atoms with Crippen molar-refractivity contribution in [2.75, 3.05) is 20.2 Å². The topological polar surface area (TPSA) is 71.5 Å². The van der Waals surface area contributed by atoms with Crippen LogP contribution in [0.1, 0.15) is 28.1 Å². The van der Waals surface area contributed by atoms with Crippen LogP contribution in [0.3, 0.4) is 0 Å². The lowest BCUT2D eigenvalue weighted by molar-refractivity contribution is -0.131. The summed E-state index contributed by atoms with van der Waals surface area (Å²) in [6.45, 7) is 1.27. The molecule has 0 radical (unpaired) electrons. The number of likely N-dealkylation sites (tertiary alicyclic amines) is 1. The number of ether oxygens (including phenoxy) is 1. The summed E-state index contributed by atoms with van der Waals surface area (Å²) in [5.41, 5.74) is 1.90. The van der Waals surface area contributed by atoms with Crippen LogP contribution in [0.5, 0.6) is 5.75 Å². The SMILES string of the molecule is COc1ccccc1CC(=O)N1CCC(NC(=O)c2cnc(-c3ccccc3)s2)CC1. The Kier molecular flexibility index (Phi) is 6.62. The van der Waals surface area contributed by atoms with E-state index in [1.165, 1.54) is 11.3 Å². The Bertz CT molecular complexity index is 1040. The highest BCUT2D eigenvalue weighted by molar-refractivity contribution is 7.16. The summed E-state index contributed by atoms with van der Waals surface area (Å²) in [6, 6.07) is 17.5. The second-order valence-electron chi connectivity index (χ2n) is 7.51. The minimum Gasteiger partial charge on any atom is -0.496 e. The van der Waals surface area contributed by atoms with E-state index in [2.05, 4.69) is 10.3 Å². The fourth-order valence-corrected chi connectivity index (χ4v) is 4.57. The largest absolute Gasteiger partial charge is 0.496 e. The van der Waals surface area contributed by atoms with Crippen LogP contribution < -0.4 is 10.1 Å². The molecule has 0 aliphatic carbocycles. The maximum atomic E-state index is 12.7. The molecule has 0 bridgehead atoms. The van der Waals surface area contributed by atoms with Crippen LogP contribution in [-0.2, 0) is 11.2 Å². The van der Waals surface area contributed by atoms with Gasteiger partial charge in [0.15, 0.2) is 0 Å². The molecular weight excluding hydrogens is 410 g/mol. The predicted molar refractivity (Wildman–Crippen MR) is 121 cm³/mol. The molecule has 1 fully saturated rings. The molecule has 2 heterocycles. The van der Waals surface area contributed by atoms with E-state index in [1.807, 2.05) is 59.5 Å². The molecule has 7 heteroatoms. The minimum absolute atomic E-state index is 0.0603. The molecular formula is C24H25N3O3S. The smallest absolute Gasteiger partial charge is 0.263 e. The van der Waals surface area contributed by atoms with Gasteiger partial charge in [-0.05, 0) is 18.9 Å². The molecule has 0 unspecified atom stereocenters. The molecule has 0 atom stereocenters. The van der Waals surface area contributed by atoms with Gasteiger partial charge in [0.05, 0.1) is 19.7 Å². The van der Waals surface area contributed by atoms with Crippen molar-refractivity contribution in [3.05, 3.63) is 71.2 Å². The fraction of sp³-hybridized carbons (Fsp3) is 0.292. The molecule has 0 saturated carbocycles. The van der Waals surface area contributed by atoms with E-state index in [9.17, 15) is 9.59 Å². The lowest BCUT2D eigenvalue weighted by atomic mass is 10.0. The molecule has 1 aliphatic heterocycles. The van der Waals surface area contributed by atoms with Crippen molar-refractivity contribution in [1.82, 2.24) is 15.2 Å². The zero-order chi connectivity index (χ0) is 21.6. The Morgan fingerprint density at radius 3 is 2.55 bits per heavy atom. The van der Waals surface area contributed by atoms with Gasteiger partial charge in [0.1, 0.15) is 15.6 Å². The molecule has 2 aromatic carbocycles. The number of methoxy groups -OCH3 is 1. The van der Waals surface area contributed by atoms with E-state index in [4.69, 9.17) is 4.74 Å².